The highest BCUT2D eigenvalue weighted by molar-refractivity contribution is 5.75. The molecule has 14 heavy (non-hydrogen) atoms. The van der Waals surface area contributed by atoms with Gasteiger partial charge in [-0.3, -0.25) is 9.69 Å². The molecule has 1 unspecified atom stereocenters. The van der Waals surface area contributed by atoms with Crippen molar-refractivity contribution in [2.24, 2.45) is 0 Å². The highest BCUT2D eigenvalue weighted by Gasteiger charge is 2.23. The molecule has 0 saturated heterocycles. The molecule has 0 aromatic rings. The number of likely N-dealkylation sites (N-methyl/N-ethyl adjacent to an activating group) is 1. The van der Waals surface area contributed by atoms with Crippen molar-refractivity contribution in [2.45, 2.75) is 46.6 Å². The van der Waals surface area contributed by atoms with Crippen molar-refractivity contribution in [3.8, 4) is 0 Å². The molecule has 0 saturated carbocycles. The molecule has 0 aromatic carbocycles. The maximum atomic E-state index is 11.6. The van der Waals surface area contributed by atoms with Crippen LogP contribution in [-0.4, -0.2) is 36.6 Å². The highest BCUT2D eigenvalue weighted by Crippen LogP contribution is 2.08. The van der Waals surface area contributed by atoms with E-state index in [0.717, 1.165) is 25.9 Å². The Balaban J connectivity index is 4.31. The number of carbonyl (C=O) groups is 1. The molecule has 0 aliphatic rings. The predicted octanol–water partition coefficient (Wildman–Crippen LogP) is 2.06. The lowest BCUT2D eigenvalue weighted by molar-refractivity contribution is -0.149. The third kappa shape index (κ3) is 4.09. The molecule has 0 bridgehead atoms. The summed E-state index contributed by atoms with van der Waals surface area (Å²) < 4.78 is 5.06. The van der Waals surface area contributed by atoms with E-state index in [1.807, 2.05) is 6.92 Å². The first-order valence-corrected chi connectivity index (χ1v) is 5.61. The number of esters is 1. The molecule has 0 amide bonds. The minimum atomic E-state index is -0.0712. The van der Waals surface area contributed by atoms with Gasteiger partial charge < -0.3 is 4.74 Å². The van der Waals surface area contributed by atoms with Crippen LogP contribution in [0.15, 0.2) is 0 Å². The molecule has 0 N–H and O–H groups in total. The minimum absolute atomic E-state index is 0.0463. The van der Waals surface area contributed by atoms with E-state index < -0.39 is 0 Å². The van der Waals surface area contributed by atoms with E-state index in [4.69, 9.17) is 4.74 Å². The second-order valence-corrected chi connectivity index (χ2v) is 3.28. The molecule has 3 heteroatoms. The SMILES string of the molecule is CCCC(C(=O)OCC)N(CC)CC. The summed E-state index contributed by atoms with van der Waals surface area (Å²) >= 11 is 0. The molecule has 0 aliphatic carbocycles. The molecule has 84 valence electrons. The van der Waals surface area contributed by atoms with Crippen LogP contribution in [0.5, 0.6) is 0 Å². The lowest BCUT2D eigenvalue weighted by atomic mass is 10.1. The molecule has 0 rings (SSSR count). The van der Waals surface area contributed by atoms with Crippen LogP contribution in [0.2, 0.25) is 0 Å². The van der Waals surface area contributed by atoms with Gasteiger partial charge in [0.05, 0.1) is 6.61 Å². The Labute approximate surface area is 87.4 Å². The summed E-state index contributed by atoms with van der Waals surface area (Å²) in [5.74, 6) is -0.0712. The highest BCUT2D eigenvalue weighted by atomic mass is 16.5. The van der Waals surface area contributed by atoms with E-state index in [1.165, 1.54) is 0 Å². The largest absolute Gasteiger partial charge is 0.465 e. The van der Waals surface area contributed by atoms with Crippen LogP contribution in [0.25, 0.3) is 0 Å². The van der Waals surface area contributed by atoms with Gasteiger partial charge in [0.25, 0.3) is 0 Å². The maximum Gasteiger partial charge on any atom is 0.323 e. The molecule has 0 heterocycles. The van der Waals surface area contributed by atoms with Crippen LogP contribution in [0.3, 0.4) is 0 Å². The Bertz CT molecular complexity index is 155. The first-order valence-electron chi connectivity index (χ1n) is 5.61. The summed E-state index contributed by atoms with van der Waals surface area (Å²) in [6.07, 6.45) is 1.90. The molecule has 3 nitrogen and oxygen atoms in total. The fourth-order valence-electron chi connectivity index (χ4n) is 1.63. The van der Waals surface area contributed by atoms with Crippen LogP contribution < -0.4 is 0 Å². The summed E-state index contributed by atoms with van der Waals surface area (Å²) in [5.41, 5.74) is 0. The molecule has 0 fully saturated rings. The molecule has 0 spiro atoms. The number of carbonyl (C=O) groups excluding carboxylic acids is 1. The number of hydrogen-bond donors (Lipinski definition) is 0. The molecule has 0 radical (unpaired) electrons. The summed E-state index contributed by atoms with van der Waals surface area (Å²) in [4.78, 5) is 13.8. The third-order valence-corrected chi connectivity index (χ3v) is 2.37. The van der Waals surface area contributed by atoms with Gasteiger partial charge in [-0.05, 0) is 26.4 Å². The number of hydrogen-bond acceptors (Lipinski definition) is 3. The van der Waals surface area contributed by atoms with Crippen LogP contribution in [0, 0.1) is 0 Å². The van der Waals surface area contributed by atoms with Crippen molar-refractivity contribution in [1.82, 2.24) is 4.90 Å². The Morgan fingerprint density at radius 2 is 1.79 bits per heavy atom. The predicted molar refractivity (Wildman–Crippen MR) is 58.3 cm³/mol. The maximum absolute atomic E-state index is 11.6. The van der Waals surface area contributed by atoms with Crippen molar-refractivity contribution in [3.63, 3.8) is 0 Å². The van der Waals surface area contributed by atoms with Crippen LogP contribution in [0.4, 0.5) is 0 Å². The van der Waals surface area contributed by atoms with Gasteiger partial charge in [-0.2, -0.15) is 0 Å². The van der Waals surface area contributed by atoms with Gasteiger partial charge >= 0.3 is 5.97 Å². The zero-order valence-corrected chi connectivity index (χ0v) is 9.88. The third-order valence-electron chi connectivity index (χ3n) is 2.37. The van der Waals surface area contributed by atoms with Crippen LogP contribution >= 0.6 is 0 Å². The fourth-order valence-corrected chi connectivity index (χ4v) is 1.63. The van der Waals surface area contributed by atoms with Crippen LogP contribution in [0.1, 0.15) is 40.5 Å². The Morgan fingerprint density at radius 3 is 2.14 bits per heavy atom. The van der Waals surface area contributed by atoms with E-state index in [2.05, 4.69) is 25.7 Å². The Hall–Kier alpha value is -0.570. The van der Waals surface area contributed by atoms with Gasteiger partial charge in [0.1, 0.15) is 6.04 Å². The standard InChI is InChI=1S/C11H23NO2/c1-5-9-10(11(13)14-8-4)12(6-2)7-3/h10H,5-9H2,1-4H3. The molecule has 0 aromatic heterocycles. The van der Waals surface area contributed by atoms with E-state index in [1.54, 1.807) is 0 Å². The van der Waals surface area contributed by atoms with Gasteiger partial charge in [-0.15, -0.1) is 0 Å². The Morgan fingerprint density at radius 1 is 1.21 bits per heavy atom. The topological polar surface area (TPSA) is 29.5 Å². The fraction of sp³-hybridized carbons (Fsp3) is 0.909. The summed E-state index contributed by atoms with van der Waals surface area (Å²) in [6, 6.07) is -0.0463. The average Bonchev–Trinajstić information content (AvgIpc) is 2.18. The smallest absolute Gasteiger partial charge is 0.323 e. The monoisotopic (exact) mass is 201 g/mol. The normalized spacial score (nSPS) is 12.9. The number of rotatable bonds is 7. The zero-order chi connectivity index (χ0) is 11.0. The van der Waals surface area contributed by atoms with Crippen molar-refractivity contribution in [2.75, 3.05) is 19.7 Å². The second-order valence-electron chi connectivity index (χ2n) is 3.28. The van der Waals surface area contributed by atoms with Crippen molar-refractivity contribution in [3.05, 3.63) is 0 Å². The summed E-state index contributed by atoms with van der Waals surface area (Å²) in [6.45, 7) is 10.4. The second kappa shape index (κ2) is 7.80. The zero-order valence-electron chi connectivity index (χ0n) is 9.88. The van der Waals surface area contributed by atoms with Gasteiger partial charge in [0.2, 0.25) is 0 Å². The minimum Gasteiger partial charge on any atom is -0.465 e. The lowest BCUT2D eigenvalue weighted by Crippen LogP contribution is -2.41. The molecular weight excluding hydrogens is 178 g/mol. The van der Waals surface area contributed by atoms with Gasteiger partial charge in [-0.25, -0.2) is 0 Å². The molecule has 0 aliphatic heterocycles. The molecule has 1 atom stereocenters. The van der Waals surface area contributed by atoms with E-state index in [0.29, 0.717) is 6.61 Å². The molecular formula is C11H23NO2. The Kier molecular flexibility index (Phi) is 7.48. The van der Waals surface area contributed by atoms with Crippen LogP contribution in [-0.2, 0) is 9.53 Å². The number of nitrogens with zero attached hydrogens (tertiary/aromatic N) is 1. The van der Waals surface area contributed by atoms with E-state index in [9.17, 15) is 4.79 Å². The first-order chi connectivity index (χ1) is 6.71. The van der Waals surface area contributed by atoms with Gasteiger partial charge in [-0.1, -0.05) is 27.2 Å². The van der Waals surface area contributed by atoms with Crippen molar-refractivity contribution in [1.29, 1.82) is 0 Å². The first kappa shape index (κ1) is 13.4. The quantitative estimate of drug-likeness (QED) is 0.590. The summed E-state index contributed by atoms with van der Waals surface area (Å²) in [7, 11) is 0. The van der Waals surface area contributed by atoms with E-state index >= 15 is 0 Å². The number of ether oxygens (including phenoxy) is 1. The van der Waals surface area contributed by atoms with Gasteiger partial charge in [0, 0.05) is 0 Å². The average molecular weight is 201 g/mol. The van der Waals surface area contributed by atoms with Crippen molar-refractivity contribution >= 4 is 5.97 Å². The van der Waals surface area contributed by atoms with E-state index in [-0.39, 0.29) is 12.0 Å². The summed E-state index contributed by atoms with van der Waals surface area (Å²) in [5, 5.41) is 0. The van der Waals surface area contributed by atoms with Crippen molar-refractivity contribution < 1.29 is 9.53 Å². The van der Waals surface area contributed by atoms with Gasteiger partial charge in [0.15, 0.2) is 0 Å². The lowest BCUT2D eigenvalue weighted by Gasteiger charge is -2.27.